The SMILES string of the molecule is CSCCN1CCc2c(Br)cccc2C1. The Hall–Kier alpha value is 0.0100. The van der Waals surface area contributed by atoms with Crippen LogP contribution in [0.25, 0.3) is 0 Å². The van der Waals surface area contributed by atoms with E-state index < -0.39 is 0 Å². The summed E-state index contributed by atoms with van der Waals surface area (Å²) in [5, 5.41) is 0. The molecular weight excluding hydrogens is 270 g/mol. The molecule has 3 heteroatoms. The maximum absolute atomic E-state index is 3.63. The van der Waals surface area contributed by atoms with E-state index in [1.165, 1.54) is 40.9 Å². The van der Waals surface area contributed by atoms with E-state index in [0.29, 0.717) is 0 Å². The van der Waals surface area contributed by atoms with Gasteiger partial charge in [-0.1, -0.05) is 28.1 Å². The van der Waals surface area contributed by atoms with E-state index in [1.54, 1.807) is 0 Å². The molecule has 1 nitrogen and oxygen atoms in total. The van der Waals surface area contributed by atoms with Gasteiger partial charge in [-0.25, -0.2) is 0 Å². The van der Waals surface area contributed by atoms with Crippen LogP contribution >= 0.6 is 27.7 Å². The van der Waals surface area contributed by atoms with Crippen molar-refractivity contribution in [1.29, 1.82) is 0 Å². The van der Waals surface area contributed by atoms with Crippen molar-refractivity contribution in [2.45, 2.75) is 13.0 Å². The number of thioether (sulfide) groups is 1. The molecule has 0 aromatic heterocycles. The molecule has 0 unspecified atom stereocenters. The zero-order chi connectivity index (χ0) is 10.7. The lowest BCUT2D eigenvalue weighted by molar-refractivity contribution is 0.270. The number of nitrogens with zero attached hydrogens (tertiary/aromatic N) is 1. The molecule has 2 rings (SSSR count). The molecule has 1 aliphatic rings. The molecule has 1 aromatic rings. The molecule has 0 N–H and O–H groups in total. The highest BCUT2D eigenvalue weighted by Gasteiger charge is 2.16. The first-order chi connectivity index (χ1) is 7.31. The van der Waals surface area contributed by atoms with Gasteiger partial charge in [0.2, 0.25) is 0 Å². The van der Waals surface area contributed by atoms with Gasteiger partial charge in [0.25, 0.3) is 0 Å². The third-order valence-electron chi connectivity index (χ3n) is 2.90. The highest BCUT2D eigenvalue weighted by Crippen LogP contribution is 2.26. The van der Waals surface area contributed by atoms with E-state index in [-0.39, 0.29) is 0 Å². The smallest absolute Gasteiger partial charge is 0.0237 e. The van der Waals surface area contributed by atoms with Gasteiger partial charge in [-0.2, -0.15) is 11.8 Å². The van der Waals surface area contributed by atoms with Gasteiger partial charge in [0.1, 0.15) is 0 Å². The fourth-order valence-corrected chi connectivity index (χ4v) is 3.08. The Kier molecular flexibility index (Phi) is 4.12. The third kappa shape index (κ3) is 2.77. The van der Waals surface area contributed by atoms with Crippen LogP contribution in [0.3, 0.4) is 0 Å². The lowest BCUT2D eigenvalue weighted by Gasteiger charge is -2.29. The van der Waals surface area contributed by atoms with E-state index in [9.17, 15) is 0 Å². The highest BCUT2D eigenvalue weighted by molar-refractivity contribution is 9.10. The monoisotopic (exact) mass is 285 g/mol. The van der Waals surface area contributed by atoms with Crippen molar-refractivity contribution in [3.63, 3.8) is 0 Å². The highest BCUT2D eigenvalue weighted by atomic mass is 79.9. The molecule has 0 fully saturated rings. The van der Waals surface area contributed by atoms with E-state index >= 15 is 0 Å². The summed E-state index contributed by atoms with van der Waals surface area (Å²) in [6.45, 7) is 3.54. The van der Waals surface area contributed by atoms with Gasteiger partial charge < -0.3 is 0 Å². The molecule has 1 heterocycles. The van der Waals surface area contributed by atoms with Gasteiger partial charge >= 0.3 is 0 Å². The first-order valence-electron chi connectivity index (χ1n) is 5.29. The summed E-state index contributed by atoms with van der Waals surface area (Å²) in [6, 6.07) is 6.54. The molecule has 0 saturated heterocycles. The molecule has 0 aliphatic carbocycles. The fourth-order valence-electron chi connectivity index (χ4n) is 2.03. The van der Waals surface area contributed by atoms with Gasteiger partial charge in [0, 0.05) is 29.9 Å². The Bertz CT molecular complexity index is 340. The number of benzene rings is 1. The van der Waals surface area contributed by atoms with Crippen LogP contribution < -0.4 is 0 Å². The van der Waals surface area contributed by atoms with Crippen molar-refractivity contribution in [2.75, 3.05) is 25.1 Å². The third-order valence-corrected chi connectivity index (χ3v) is 4.23. The van der Waals surface area contributed by atoms with Crippen molar-refractivity contribution in [3.05, 3.63) is 33.8 Å². The van der Waals surface area contributed by atoms with E-state index in [2.05, 4.69) is 45.3 Å². The van der Waals surface area contributed by atoms with Crippen molar-refractivity contribution < 1.29 is 0 Å². The van der Waals surface area contributed by atoms with Crippen molar-refractivity contribution in [3.8, 4) is 0 Å². The second kappa shape index (κ2) is 5.37. The van der Waals surface area contributed by atoms with Crippen molar-refractivity contribution in [2.24, 2.45) is 0 Å². The lowest BCUT2D eigenvalue weighted by atomic mass is 10.00. The molecule has 82 valence electrons. The normalized spacial score (nSPS) is 16.4. The van der Waals surface area contributed by atoms with Crippen LogP contribution in [0.1, 0.15) is 11.1 Å². The van der Waals surface area contributed by atoms with Gasteiger partial charge in [0.15, 0.2) is 0 Å². The van der Waals surface area contributed by atoms with Gasteiger partial charge in [0.05, 0.1) is 0 Å². The molecule has 15 heavy (non-hydrogen) atoms. The molecular formula is C12H16BrNS. The Balaban J connectivity index is 2.07. The first kappa shape index (κ1) is 11.5. The standard InChI is InChI=1S/C12H16BrNS/c1-15-8-7-14-6-5-11-10(9-14)3-2-4-12(11)13/h2-4H,5-9H2,1H3. The summed E-state index contributed by atoms with van der Waals surface area (Å²) in [5.41, 5.74) is 3.01. The van der Waals surface area contributed by atoms with Crippen LogP contribution in [-0.2, 0) is 13.0 Å². The zero-order valence-electron chi connectivity index (χ0n) is 9.00. The van der Waals surface area contributed by atoms with Crippen LogP contribution in [-0.4, -0.2) is 30.0 Å². The summed E-state index contributed by atoms with van der Waals surface area (Å²) >= 11 is 5.56. The second-order valence-corrected chi connectivity index (χ2v) is 5.74. The maximum atomic E-state index is 3.63. The summed E-state index contributed by atoms with van der Waals surface area (Å²) in [5.74, 6) is 1.24. The lowest BCUT2D eigenvalue weighted by Crippen LogP contribution is -2.32. The fraction of sp³-hybridized carbons (Fsp3) is 0.500. The first-order valence-corrected chi connectivity index (χ1v) is 7.47. The van der Waals surface area contributed by atoms with Crippen molar-refractivity contribution >= 4 is 27.7 Å². The summed E-state index contributed by atoms with van der Waals surface area (Å²) in [4.78, 5) is 2.55. The number of rotatable bonds is 3. The number of fused-ring (bicyclic) bond motifs is 1. The Morgan fingerprint density at radius 1 is 1.47 bits per heavy atom. The van der Waals surface area contributed by atoms with Crippen LogP contribution in [0.4, 0.5) is 0 Å². The topological polar surface area (TPSA) is 3.24 Å². The van der Waals surface area contributed by atoms with Gasteiger partial charge in [-0.3, -0.25) is 4.90 Å². The predicted molar refractivity (Wildman–Crippen MR) is 71.5 cm³/mol. The molecule has 1 aliphatic heterocycles. The Labute approximate surface area is 104 Å². The van der Waals surface area contributed by atoms with Crippen LogP contribution in [0.15, 0.2) is 22.7 Å². The largest absolute Gasteiger partial charge is 0.298 e. The average Bonchev–Trinajstić information content (AvgIpc) is 2.26. The molecule has 0 bridgehead atoms. The predicted octanol–water partition coefficient (Wildman–Crippen LogP) is 3.17. The Morgan fingerprint density at radius 3 is 3.13 bits per heavy atom. The van der Waals surface area contributed by atoms with Crippen LogP contribution in [0, 0.1) is 0 Å². The average molecular weight is 286 g/mol. The minimum Gasteiger partial charge on any atom is -0.298 e. The maximum Gasteiger partial charge on any atom is 0.0237 e. The summed E-state index contributed by atoms with van der Waals surface area (Å²) < 4.78 is 1.28. The number of halogens is 1. The van der Waals surface area contributed by atoms with Gasteiger partial charge in [-0.15, -0.1) is 0 Å². The second-order valence-electron chi connectivity index (χ2n) is 3.90. The molecule has 0 spiro atoms. The van der Waals surface area contributed by atoms with Crippen molar-refractivity contribution in [1.82, 2.24) is 4.90 Å². The number of hydrogen-bond donors (Lipinski definition) is 0. The van der Waals surface area contributed by atoms with Crippen LogP contribution in [0.2, 0.25) is 0 Å². The number of hydrogen-bond acceptors (Lipinski definition) is 2. The summed E-state index contributed by atoms with van der Waals surface area (Å²) in [6.07, 6.45) is 3.36. The molecule has 1 aromatic carbocycles. The van der Waals surface area contributed by atoms with E-state index in [0.717, 1.165) is 6.54 Å². The van der Waals surface area contributed by atoms with Gasteiger partial charge in [-0.05, 0) is 29.9 Å². The molecule has 0 saturated carbocycles. The van der Waals surface area contributed by atoms with E-state index in [1.807, 2.05) is 11.8 Å². The summed E-state index contributed by atoms with van der Waals surface area (Å²) in [7, 11) is 0. The minimum absolute atomic E-state index is 1.12. The quantitative estimate of drug-likeness (QED) is 0.839. The van der Waals surface area contributed by atoms with Crippen LogP contribution in [0.5, 0.6) is 0 Å². The molecule has 0 amide bonds. The Morgan fingerprint density at radius 2 is 2.33 bits per heavy atom. The molecule has 0 radical (unpaired) electrons. The van der Waals surface area contributed by atoms with E-state index in [4.69, 9.17) is 0 Å². The zero-order valence-corrected chi connectivity index (χ0v) is 11.4. The minimum atomic E-state index is 1.12. The molecule has 0 atom stereocenters.